The predicted octanol–water partition coefficient (Wildman–Crippen LogP) is 2.25. The van der Waals surface area contributed by atoms with E-state index in [-0.39, 0.29) is 0 Å². The summed E-state index contributed by atoms with van der Waals surface area (Å²) in [5.74, 6) is 2.63. The van der Waals surface area contributed by atoms with E-state index in [0.29, 0.717) is 0 Å². The van der Waals surface area contributed by atoms with Crippen molar-refractivity contribution in [2.75, 3.05) is 30.8 Å². The van der Waals surface area contributed by atoms with E-state index in [4.69, 9.17) is 5.73 Å². The highest BCUT2D eigenvalue weighted by Crippen LogP contribution is 2.21. The Morgan fingerprint density at radius 1 is 1.38 bits per heavy atom. The fourth-order valence-electron chi connectivity index (χ4n) is 2.04. The van der Waals surface area contributed by atoms with Crippen molar-refractivity contribution in [2.24, 2.45) is 0 Å². The van der Waals surface area contributed by atoms with Crippen LogP contribution in [-0.4, -0.2) is 36.0 Å². The number of hydrogen-bond donors (Lipinski definition) is 1. The van der Waals surface area contributed by atoms with Gasteiger partial charge in [-0.05, 0) is 43.3 Å². The summed E-state index contributed by atoms with van der Waals surface area (Å²) in [5, 5.41) is 0. The first-order valence-electron chi connectivity index (χ1n) is 5.88. The zero-order valence-electron chi connectivity index (χ0n) is 9.86. The minimum atomic E-state index is 0.791. The number of anilines is 1. The SMILES string of the molecule is CN(CCc1ccc(N)cc1)C1CCSC1. The largest absolute Gasteiger partial charge is 0.399 e. The van der Waals surface area contributed by atoms with E-state index in [1.807, 2.05) is 12.1 Å². The molecule has 0 aromatic heterocycles. The van der Waals surface area contributed by atoms with Gasteiger partial charge in [-0.2, -0.15) is 11.8 Å². The molecule has 2 rings (SSSR count). The van der Waals surface area contributed by atoms with Gasteiger partial charge in [0.1, 0.15) is 0 Å². The molecule has 2 nitrogen and oxygen atoms in total. The smallest absolute Gasteiger partial charge is 0.0314 e. The van der Waals surface area contributed by atoms with E-state index in [1.165, 1.54) is 23.5 Å². The van der Waals surface area contributed by atoms with E-state index < -0.39 is 0 Å². The molecule has 1 unspecified atom stereocenters. The summed E-state index contributed by atoms with van der Waals surface area (Å²) < 4.78 is 0. The van der Waals surface area contributed by atoms with E-state index in [9.17, 15) is 0 Å². The zero-order valence-corrected chi connectivity index (χ0v) is 10.7. The van der Waals surface area contributed by atoms with Crippen LogP contribution in [0, 0.1) is 0 Å². The summed E-state index contributed by atoms with van der Waals surface area (Å²) in [6, 6.07) is 9.03. The van der Waals surface area contributed by atoms with Crippen LogP contribution in [0.2, 0.25) is 0 Å². The lowest BCUT2D eigenvalue weighted by Gasteiger charge is -2.23. The average molecular weight is 236 g/mol. The lowest BCUT2D eigenvalue weighted by Crippen LogP contribution is -2.33. The predicted molar refractivity (Wildman–Crippen MR) is 72.9 cm³/mol. The van der Waals surface area contributed by atoms with Crippen LogP contribution in [0.4, 0.5) is 5.69 Å². The zero-order chi connectivity index (χ0) is 11.4. The molecule has 1 heterocycles. The summed E-state index contributed by atoms with van der Waals surface area (Å²) in [6.07, 6.45) is 2.47. The molecule has 2 N–H and O–H groups in total. The van der Waals surface area contributed by atoms with Crippen molar-refractivity contribution in [3.05, 3.63) is 29.8 Å². The van der Waals surface area contributed by atoms with Gasteiger partial charge in [0.2, 0.25) is 0 Å². The fourth-order valence-corrected chi connectivity index (χ4v) is 3.34. The quantitative estimate of drug-likeness (QED) is 0.813. The van der Waals surface area contributed by atoms with Crippen LogP contribution in [-0.2, 0) is 6.42 Å². The molecular weight excluding hydrogens is 216 g/mol. The van der Waals surface area contributed by atoms with Crippen molar-refractivity contribution in [1.82, 2.24) is 4.90 Å². The molecule has 1 atom stereocenters. The second-order valence-electron chi connectivity index (χ2n) is 4.49. The van der Waals surface area contributed by atoms with Gasteiger partial charge in [0.25, 0.3) is 0 Å². The van der Waals surface area contributed by atoms with Crippen LogP contribution >= 0.6 is 11.8 Å². The molecule has 0 bridgehead atoms. The number of benzene rings is 1. The molecular formula is C13H20N2S. The molecule has 1 aromatic rings. The number of nitrogen functional groups attached to an aromatic ring is 1. The summed E-state index contributed by atoms with van der Waals surface area (Å²) in [7, 11) is 2.24. The number of rotatable bonds is 4. The van der Waals surface area contributed by atoms with Crippen molar-refractivity contribution < 1.29 is 0 Å². The minimum Gasteiger partial charge on any atom is -0.399 e. The lowest BCUT2D eigenvalue weighted by atomic mass is 10.1. The maximum atomic E-state index is 5.67. The Bertz CT molecular complexity index is 317. The highest BCUT2D eigenvalue weighted by Gasteiger charge is 2.19. The van der Waals surface area contributed by atoms with Crippen molar-refractivity contribution in [3.63, 3.8) is 0 Å². The highest BCUT2D eigenvalue weighted by molar-refractivity contribution is 7.99. The summed E-state index contributed by atoms with van der Waals surface area (Å²) >= 11 is 2.08. The van der Waals surface area contributed by atoms with Gasteiger partial charge in [-0.3, -0.25) is 0 Å². The van der Waals surface area contributed by atoms with E-state index in [0.717, 1.165) is 24.7 Å². The van der Waals surface area contributed by atoms with Gasteiger partial charge in [0.15, 0.2) is 0 Å². The Hall–Kier alpha value is -0.670. The molecule has 1 fully saturated rings. The molecule has 0 saturated carbocycles. The first kappa shape index (κ1) is 11.8. The number of nitrogens with zero attached hydrogens (tertiary/aromatic N) is 1. The minimum absolute atomic E-state index is 0.791. The molecule has 1 aromatic carbocycles. The second kappa shape index (κ2) is 5.60. The summed E-state index contributed by atoms with van der Waals surface area (Å²) in [4.78, 5) is 2.50. The third-order valence-corrected chi connectivity index (χ3v) is 4.41. The molecule has 0 radical (unpaired) electrons. The van der Waals surface area contributed by atoms with E-state index >= 15 is 0 Å². The molecule has 1 aliphatic rings. The van der Waals surface area contributed by atoms with Gasteiger partial charge in [-0.15, -0.1) is 0 Å². The van der Waals surface area contributed by atoms with Crippen LogP contribution in [0.3, 0.4) is 0 Å². The molecule has 1 aliphatic heterocycles. The average Bonchev–Trinajstić information content (AvgIpc) is 2.81. The molecule has 3 heteroatoms. The monoisotopic (exact) mass is 236 g/mol. The summed E-state index contributed by atoms with van der Waals surface area (Å²) in [5.41, 5.74) is 7.90. The van der Waals surface area contributed by atoms with Gasteiger partial charge in [0, 0.05) is 24.0 Å². The molecule has 88 valence electrons. The Morgan fingerprint density at radius 3 is 2.75 bits per heavy atom. The molecule has 0 amide bonds. The number of thioether (sulfide) groups is 1. The van der Waals surface area contributed by atoms with Crippen molar-refractivity contribution in [2.45, 2.75) is 18.9 Å². The van der Waals surface area contributed by atoms with Crippen LogP contribution in [0.5, 0.6) is 0 Å². The van der Waals surface area contributed by atoms with Crippen LogP contribution < -0.4 is 5.73 Å². The van der Waals surface area contributed by atoms with Gasteiger partial charge in [-0.25, -0.2) is 0 Å². The fraction of sp³-hybridized carbons (Fsp3) is 0.538. The molecule has 0 aliphatic carbocycles. The van der Waals surface area contributed by atoms with Crippen LogP contribution in [0.25, 0.3) is 0 Å². The first-order valence-corrected chi connectivity index (χ1v) is 7.03. The van der Waals surface area contributed by atoms with Gasteiger partial charge in [-0.1, -0.05) is 12.1 Å². The number of nitrogens with two attached hydrogens (primary N) is 1. The van der Waals surface area contributed by atoms with Crippen molar-refractivity contribution in [3.8, 4) is 0 Å². The topological polar surface area (TPSA) is 29.3 Å². The number of hydrogen-bond acceptors (Lipinski definition) is 3. The second-order valence-corrected chi connectivity index (χ2v) is 5.64. The maximum absolute atomic E-state index is 5.67. The number of likely N-dealkylation sites (N-methyl/N-ethyl adjacent to an activating group) is 1. The Kier molecular flexibility index (Phi) is 4.13. The van der Waals surface area contributed by atoms with Gasteiger partial charge < -0.3 is 10.6 Å². The Balaban J connectivity index is 1.80. The lowest BCUT2D eigenvalue weighted by molar-refractivity contribution is 0.266. The molecule has 1 saturated heterocycles. The first-order chi connectivity index (χ1) is 7.75. The normalized spacial score (nSPS) is 20.5. The van der Waals surface area contributed by atoms with E-state index in [2.05, 4.69) is 35.8 Å². The molecule has 16 heavy (non-hydrogen) atoms. The standard InChI is InChI=1S/C13H20N2S/c1-15(13-7-9-16-10-13)8-6-11-2-4-12(14)5-3-11/h2-5,13H,6-10,14H2,1H3. The Labute approximate surface area is 102 Å². The highest BCUT2D eigenvalue weighted by atomic mass is 32.2. The third kappa shape index (κ3) is 3.16. The maximum Gasteiger partial charge on any atom is 0.0314 e. The Morgan fingerprint density at radius 2 is 2.12 bits per heavy atom. The van der Waals surface area contributed by atoms with Crippen molar-refractivity contribution >= 4 is 17.4 Å². The van der Waals surface area contributed by atoms with E-state index in [1.54, 1.807) is 0 Å². The van der Waals surface area contributed by atoms with Crippen LogP contribution in [0.15, 0.2) is 24.3 Å². The molecule has 0 spiro atoms. The summed E-state index contributed by atoms with van der Waals surface area (Å²) in [6.45, 7) is 1.15. The van der Waals surface area contributed by atoms with Crippen LogP contribution in [0.1, 0.15) is 12.0 Å². The third-order valence-electron chi connectivity index (χ3n) is 3.26. The van der Waals surface area contributed by atoms with Gasteiger partial charge in [0.05, 0.1) is 0 Å². The van der Waals surface area contributed by atoms with Gasteiger partial charge >= 0.3 is 0 Å². The van der Waals surface area contributed by atoms with Crippen molar-refractivity contribution in [1.29, 1.82) is 0 Å².